The van der Waals surface area contributed by atoms with Crippen LogP contribution in [0, 0.1) is 17.0 Å². The first-order chi connectivity index (χ1) is 8.06. The molecule has 2 N–H and O–H groups in total. The standard InChI is InChI=1S/C9H8N4O2S2/c1-5-11-12-9(16-5)17-8-3-2-6(13(14)15)4-7(8)10/h2-4H,10H2,1H3. The molecule has 0 saturated heterocycles. The van der Waals surface area contributed by atoms with Crippen LogP contribution in [-0.2, 0) is 0 Å². The molecule has 0 aliphatic heterocycles. The van der Waals surface area contributed by atoms with Crippen LogP contribution in [0.4, 0.5) is 11.4 Å². The number of nitrogens with zero attached hydrogens (tertiary/aromatic N) is 3. The second-order valence-electron chi connectivity index (χ2n) is 3.17. The van der Waals surface area contributed by atoms with Crippen molar-refractivity contribution >= 4 is 34.5 Å². The number of aryl methyl sites for hydroxylation is 1. The molecular formula is C9H8N4O2S2. The van der Waals surface area contributed by atoms with E-state index in [1.807, 2.05) is 6.92 Å². The first-order valence-electron chi connectivity index (χ1n) is 4.58. The van der Waals surface area contributed by atoms with Crippen LogP contribution in [0.25, 0.3) is 0 Å². The quantitative estimate of drug-likeness (QED) is 0.522. The van der Waals surface area contributed by atoms with Gasteiger partial charge in [-0.05, 0) is 13.0 Å². The molecular weight excluding hydrogens is 260 g/mol. The Labute approximate surface area is 105 Å². The third-order valence-electron chi connectivity index (χ3n) is 1.91. The van der Waals surface area contributed by atoms with Gasteiger partial charge in [-0.15, -0.1) is 10.2 Å². The molecule has 0 bridgehead atoms. The summed E-state index contributed by atoms with van der Waals surface area (Å²) in [5.41, 5.74) is 6.10. The topological polar surface area (TPSA) is 94.9 Å². The molecule has 88 valence electrons. The van der Waals surface area contributed by atoms with Crippen molar-refractivity contribution in [1.82, 2.24) is 10.2 Å². The largest absolute Gasteiger partial charge is 0.398 e. The van der Waals surface area contributed by atoms with Crippen LogP contribution in [0.1, 0.15) is 5.01 Å². The molecule has 0 amide bonds. The average molecular weight is 268 g/mol. The van der Waals surface area contributed by atoms with Gasteiger partial charge < -0.3 is 5.73 Å². The molecule has 6 nitrogen and oxygen atoms in total. The number of non-ortho nitro benzene ring substituents is 1. The first kappa shape index (κ1) is 11.8. The summed E-state index contributed by atoms with van der Waals surface area (Å²) in [6.07, 6.45) is 0. The van der Waals surface area contributed by atoms with E-state index >= 15 is 0 Å². The van der Waals surface area contributed by atoms with Gasteiger partial charge in [-0.3, -0.25) is 10.1 Å². The lowest BCUT2D eigenvalue weighted by Gasteiger charge is -2.01. The highest BCUT2D eigenvalue weighted by atomic mass is 32.2. The Morgan fingerprint density at radius 1 is 1.47 bits per heavy atom. The summed E-state index contributed by atoms with van der Waals surface area (Å²) in [5.74, 6) is 0. The van der Waals surface area contributed by atoms with Crippen LogP contribution in [0.3, 0.4) is 0 Å². The fourth-order valence-electron chi connectivity index (χ4n) is 1.16. The number of nitrogens with two attached hydrogens (primary N) is 1. The van der Waals surface area contributed by atoms with E-state index in [-0.39, 0.29) is 5.69 Å². The van der Waals surface area contributed by atoms with Crippen LogP contribution in [0.15, 0.2) is 27.4 Å². The summed E-state index contributed by atoms with van der Waals surface area (Å²) < 4.78 is 0.767. The number of hydrogen-bond acceptors (Lipinski definition) is 7. The molecule has 1 aromatic carbocycles. The fraction of sp³-hybridized carbons (Fsp3) is 0.111. The van der Waals surface area contributed by atoms with E-state index in [4.69, 9.17) is 5.73 Å². The Bertz CT molecular complexity index is 570. The number of nitrogen functional groups attached to an aromatic ring is 1. The van der Waals surface area contributed by atoms with Crippen molar-refractivity contribution in [1.29, 1.82) is 0 Å². The van der Waals surface area contributed by atoms with Crippen LogP contribution in [0.5, 0.6) is 0 Å². The minimum atomic E-state index is -0.472. The molecule has 1 aromatic heterocycles. The van der Waals surface area contributed by atoms with E-state index < -0.39 is 4.92 Å². The number of anilines is 1. The molecule has 0 fully saturated rings. The van der Waals surface area contributed by atoms with E-state index in [2.05, 4.69) is 10.2 Å². The maximum absolute atomic E-state index is 10.5. The van der Waals surface area contributed by atoms with Crippen LogP contribution in [0.2, 0.25) is 0 Å². The third-order valence-corrected chi connectivity index (χ3v) is 3.89. The van der Waals surface area contributed by atoms with Gasteiger partial charge in [-0.2, -0.15) is 0 Å². The predicted molar refractivity (Wildman–Crippen MR) is 66.3 cm³/mol. The van der Waals surface area contributed by atoms with Crippen molar-refractivity contribution in [2.45, 2.75) is 16.2 Å². The lowest BCUT2D eigenvalue weighted by molar-refractivity contribution is -0.384. The lowest BCUT2D eigenvalue weighted by Crippen LogP contribution is -1.93. The van der Waals surface area contributed by atoms with Gasteiger partial charge in [-0.1, -0.05) is 23.1 Å². The molecule has 0 aliphatic carbocycles. The molecule has 17 heavy (non-hydrogen) atoms. The average Bonchev–Trinajstić information content (AvgIpc) is 2.67. The minimum Gasteiger partial charge on any atom is -0.398 e. The number of nitro benzene ring substituents is 1. The summed E-state index contributed by atoms with van der Waals surface area (Å²) in [5, 5.41) is 19.3. The summed E-state index contributed by atoms with van der Waals surface area (Å²) in [7, 11) is 0. The van der Waals surface area contributed by atoms with Crippen LogP contribution < -0.4 is 5.73 Å². The number of hydrogen-bond donors (Lipinski definition) is 1. The number of benzene rings is 1. The van der Waals surface area contributed by atoms with Gasteiger partial charge in [0.05, 0.1) is 10.6 Å². The van der Waals surface area contributed by atoms with Crippen molar-refractivity contribution < 1.29 is 4.92 Å². The van der Waals surface area contributed by atoms with E-state index in [9.17, 15) is 10.1 Å². The normalized spacial score (nSPS) is 10.4. The highest BCUT2D eigenvalue weighted by Crippen LogP contribution is 2.35. The Morgan fingerprint density at radius 3 is 2.76 bits per heavy atom. The van der Waals surface area contributed by atoms with Gasteiger partial charge in [0.1, 0.15) is 5.01 Å². The molecule has 1 heterocycles. The molecule has 0 atom stereocenters. The second kappa shape index (κ2) is 4.68. The smallest absolute Gasteiger partial charge is 0.271 e. The summed E-state index contributed by atoms with van der Waals surface area (Å²) >= 11 is 2.81. The van der Waals surface area contributed by atoms with Crippen molar-refractivity contribution in [3.63, 3.8) is 0 Å². The maximum Gasteiger partial charge on any atom is 0.271 e. The monoisotopic (exact) mass is 268 g/mol. The molecule has 2 rings (SSSR count). The van der Waals surface area contributed by atoms with E-state index in [1.165, 1.54) is 35.2 Å². The molecule has 0 radical (unpaired) electrons. The molecule has 0 unspecified atom stereocenters. The third kappa shape index (κ3) is 2.71. The van der Waals surface area contributed by atoms with Gasteiger partial charge in [0.25, 0.3) is 5.69 Å². The Kier molecular flexibility index (Phi) is 3.25. The first-order valence-corrected chi connectivity index (χ1v) is 6.21. The zero-order valence-electron chi connectivity index (χ0n) is 8.78. The summed E-state index contributed by atoms with van der Waals surface area (Å²) in [6, 6.07) is 4.39. The second-order valence-corrected chi connectivity index (χ2v) is 5.64. The van der Waals surface area contributed by atoms with Gasteiger partial charge in [0, 0.05) is 17.0 Å². The van der Waals surface area contributed by atoms with Crippen molar-refractivity contribution in [2.75, 3.05) is 5.73 Å². The lowest BCUT2D eigenvalue weighted by atomic mass is 10.3. The zero-order valence-corrected chi connectivity index (χ0v) is 10.4. The number of aromatic nitrogens is 2. The molecule has 2 aromatic rings. The SMILES string of the molecule is Cc1nnc(Sc2ccc([N+](=O)[O-])cc2N)s1. The van der Waals surface area contributed by atoms with Gasteiger partial charge >= 0.3 is 0 Å². The van der Waals surface area contributed by atoms with Crippen molar-refractivity contribution in [3.8, 4) is 0 Å². The maximum atomic E-state index is 10.5. The highest BCUT2D eigenvalue weighted by molar-refractivity contribution is 8.01. The minimum absolute atomic E-state index is 0.0136. The van der Waals surface area contributed by atoms with Gasteiger partial charge in [-0.25, -0.2) is 0 Å². The zero-order chi connectivity index (χ0) is 12.4. The highest BCUT2D eigenvalue weighted by Gasteiger charge is 2.11. The van der Waals surface area contributed by atoms with E-state index in [0.717, 1.165) is 14.2 Å². The predicted octanol–water partition coefficient (Wildman–Crippen LogP) is 2.49. The van der Waals surface area contributed by atoms with Crippen LogP contribution in [-0.4, -0.2) is 15.1 Å². The molecule has 0 aliphatic rings. The van der Waals surface area contributed by atoms with Gasteiger partial charge in [0.15, 0.2) is 4.34 Å². The molecule has 0 spiro atoms. The number of rotatable bonds is 3. The molecule has 0 saturated carbocycles. The van der Waals surface area contributed by atoms with E-state index in [0.29, 0.717) is 5.69 Å². The summed E-state index contributed by atoms with van der Waals surface area (Å²) in [4.78, 5) is 10.8. The van der Waals surface area contributed by atoms with Crippen molar-refractivity contribution in [2.24, 2.45) is 0 Å². The van der Waals surface area contributed by atoms with Crippen LogP contribution >= 0.6 is 23.1 Å². The Morgan fingerprint density at radius 2 is 2.24 bits per heavy atom. The molecule has 8 heteroatoms. The van der Waals surface area contributed by atoms with Crippen molar-refractivity contribution in [3.05, 3.63) is 33.3 Å². The Balaban J connectivity index is 2.25. The number of nitro groups is 1. The fourth-order valence-corrected chi connectivity index (χ4v) is 2.95. The summed E-state index contributed by atoms with van der Waals surface area (Å²) in [6.45, 7) is 1.86. The van der Waals surface area contributed by atoms with E-state index in [1.54, 1.807) is 6.07 Å². The Hall–Kier alpha value is -1.67. The van der Waals surface area contributed by atoms with Gasteiger partial charge in [0.2, 0.25) is 0 Å².